The second kappa shape index (κ2) is 5.85. The molecular weight excluding hydrogens is 214 g/mol. The molecule has 0 aromatic heterocycles. The largest absolute Gasteiger partial charge is 0.384 e. The second-order valence-electron chi connectivity index (χ2n) is 6.19. The first-order valence-corrected chi connectivity index (χ1v) is 6.67. The van der Waals surface area contributed by atoms with Crippen molar-refractivity contribution in [1.82, 2.24) is 4.90 Å². The first kappa shape index (κ1) is 14.5. The number of hydrogen-bond donors (Lipinski definition) is 0. The summed E-state index contributed by atoms with van der Waals surface area (Å²) < 4.78 is 5.13. The van der Waals surface area contributed by atoms with Crippen molar-refractivity contribution in [3.63, 3.8) is 0 Å². The molecule has 0 aliphatic carbocycles. The highest BCUT2D eigenvalue weighted by molar-refractivity contribution is 5.82. The SMILES string of the molecule is COCC(C)(C)C(=O)N1CCC(C(C)C)CC1. The van der Waals surface area contributed by atoms with Crippen LogP contribution >= 0.6 is 0 Å². The molecule has 1 aliphatic heterocycles. The molecule has 0 radical (unpaired) electrons. The minimum absolute atomic E-state index is 0.238. The smallest absolute Gasteiger partial charge is 0.230 e. The first-order chi connectivity index (χ1) is 7.88. The summed E-state index contributed by atoms with van der Waals surface area (Å²) in [5.74, 6) is 1.75. The van der Waals surface area contributed by atoms with Crippen LogP contribution in [0.1, 0.15) is 40.5 Å². The van der Waals surface area contributed by atoms with E-state index in [1.807, 2.05) is 18.7 Å². The number of amides is 1. The lowest BCUT2D eigenvalue weighted by molar-refractivity contribution is -0.144. The number of carbonyl (C=O) groups is 1. The lowest BCUT2D eigenvalue weighted by atomic mass is 9.85. The number of ether oxygens (including phenoxy) is 1. The normalized spacial score (nSPS) is 18.8. The van der Waals surface area contributed by atoms with Crippen molar-refractivity contribution in [2.45, 2.75) is 40.5 Å². The zero-order valence-electron chi connectivity index (χ0n) is 12.0. The minimum atomic E-state index is -0.389. The molecule has 0 atom stereocenters. The van der Waals surface area contributed by atoms with E-state index in [0.29, 0.717) is 6.61 Å². The molecule has 0 bridgehead atoms. The number of nitrogens with zero attached hydrogens (tertiary/aromatic N) is 1. The lowest BCUT2D eigenvalue weighted by Gasteiger charge is -2.37. The Balaban J connectivity index is 2.51. The van der Waals surface area contributed by atoms with Gasteiger partial charge in [-0.15, -0.1) is 0 Å². The maximum absolute atomic E-state index is 12.3. The van der Waals surface area contributed by atoms with Gasteiger partial charge in [0.25, 0.3) is 0 Å². The molecule has 0 unspecified atom stereocenters. The van der Waals surface area contributed by atoms with E-state index in [4.69, 9.17) is 4.74 Å². The number of rotatable bonds is 4. The molecule has 3 heteroatoms. The second-order valence-corrected chi connectivity index (χ2v) is 6.19. The Kier molecular flexibility index (Phi) is 4.99. The number of hydrogen-bond acceptors (Lipinski definition) is 2. The van der Waals surface area contributed by atoms with Crippen LogP contribution in [-0.2, 0) is 9.53 Å². The lowest BCUT2D eigenvalue weighted by Crippen LogP contribution is -2.47. The molecule has 1 heterocycles. The third-order valence-electron chi connectivity index (χ3n) is 3.85. The number of likely N-dealkylation sites (tertiary alicyclic amines) is 1. The Morgan fingerprint density at radius 2 is 1.88 bits per heavy atom. The molecule has 0 saturated carbocycles. The molecule has 0 aromatic carbocycles. The van der Waals surface area contributed by atoms with Gasteiger partial charge in [0.05, 0.1) is 12.0 Å². The summed E-state index contributed by atoms with van der Waals surface area (Å²) in [4.78, 5) is 14.3. The summed E-state index contributed by atoms with van der Waals surface area (Å²) in [6.45, 7) is 10.8. The van der Waals surface area contributed by atoms with E-state index in [1.54, 1.807) is 7.11 Å². The number of piperidine rings is 1. The van der Waals surface area contributed by atoms with Gasteiger partial charge >= 0.3 is 0 Å². The Morgan fingerprint density at radius 3 is 2.29 bits per heavy atom. The van der Waals surface area contributed by atoms with Crippen molar-refractivity contribution in [2.75, 3.05) is 26.8 Å². The van der Waals surface area contributed by atoms with Crippen molar-refractivity contribution in [3.05, 3.63) is 0 Å². The molecule has 0 N–H and O–H groups in total. The molecule has 0 aromatic rings. The fourth-order valence-corrected chi connectivity index (χ4v) is 2.62. The molecular formula is C14H27NO2. The van der Waals surface area contributed by atoms with Gasteiger partial charge in [-0.05, 0) is 38.5 Å². The predicted octanol–water partition coefficient (Wildman–Crippen LogP) is 2.55. The van der Waals surface area contributed by atoms with Crippen LogP contribution in [0.5, 0.6) is 0 Å². The average molecular weight is 241 g/mol. The highest BCUT2D eigenvalue weighted by Gasteiger charge is 2.34. The zero-order chi connectivity index (χ0) is 13.1. The van der Waals surface area contributed by atoms with Gasteiger partial charge in [-0.1, -0.05) is 13.8 Å². The molecule has 17 heavy (non-hydrogen) atoms. The Labute approximate surface area is 106 Å². The number of carbonyl (C=O) groups excluding carboxylic acids is 1. The highest BCUT2D eigenvalue weighted by atomic mass is 16.5. The Hall–Kier alpha value is -0.570. The molecule has 100 valence electrons. The Morgan fingerprint density at radius 1 is 1.35 bits per heavy atom. The standard InChI is InChI=1S/C14H27NO2/c1-11(2)12-6-8-15(9-7-12)13(16)14(3,4)10-17-5/h11-12H,6-10H2,1-5H3. The first-order valence-electron chi connectivity index (χ1n) is 6.67. The quantitative estimate of drug-likeness (QED) is 0.757. The molecule has 0 spiro atoms. The van der Waals surface area contributed by atoms with E-state index >= 15 is 0 Å². The minimum Gasteiger partial charge on any atom is -0.384 e. The van der Waals surface area contributed by atoms with Crippen LogP contribution in [0.25, 0.3) is 0 Å². The van der Waals surface area contributed by atoms with Crippen LogP contribution in [0.15, 0.2) is 0 Å². The molecule has 1 rings (SSSR count). The highest BCUT2D eigenvalue weighted by Crippen LogP contribution is 2.27. The van der Waals surface area contributed by atoms with Gasteiger partial charge in [-0.2, -0.15) is 0 Å². The van der Waals surface area contributed by atoms with Gasteiger partial charge in [-0.3, -0.25) is 4.79 Å². The summed E-state index contributed by atoms with van der Waals surface area (Å²) >= 11 is 0. The van der Waals surface area contributed by atoms with Crippen LogP contribution in [-0.4, -0.2) is 37.6 Å². The van der Waals surface area contributed by atoms with Crippen LogP contribution in [0, 0.1) is 17.3 Å². The average Bonchev–Trinajstić information content (AvgIpc) is 2.28. The predicted molar refractivity (Wildman–Crippen MR) is 69.8 cm³/mol. The molecule has 1 saturated heterocycles. The summed E-state index contributed by atoms with van der Waals surface area (Å²) in [6, 6.07) is 0. The van der Waals surface area contributed by atoms with Gasteiger partial charge in [0.15, 0.2) is 0 Å². The third-order valence-corrected chi connectivity index (χ3v) is 3.85. The molecule has 1 amide bonds. The van der Waals surface area contributed by atoms with E-state index in [-0.39, 0.29) is 11.3 Å². The van der Waals surface area contributed by atoms with Crippen molar-refractivity contribution >= 4 is 5.91 Å². The topological polar surface area (TPSA) is 29.5 Å². The monoisotopic (exact) mass is 241 g/mol. The van der Waals surface area contributed by atoms with Crippen LogP contribution in [0.3, 0.4) is 0 Å². The van der Waals surface area contributed by atoms with Crippen LogP contribution in [0.2, 0.25) is 0 Å². The van der Waals surface area contributed by atoms with Gasteiger partial charge < -0.3 is 9.64 Å². The van der Waals surface area contributed by atoms with E-state index in [0.717, 1.165) is 37.8 Å². The molecule has 1 aliphatic rings. The van der Waals surface area contributed by atoms with E-state index in [2.05, 4.69) is 13.8 Å². The van der Waals surface area contributed by atoms with E-state index < -0.39 is 0 Å². The van der Waals surface area contributed by atoms with Crippen molar-refractivity contribution in [3.8, 4) is 0 Å². The fourth-order valence-electron chi connectivity index (χ4n) is 2.62. The third kappa shape index (κ3) is 3.70. The van der Waals surface area contributed by atoms with E-state index in [1.165, 1.54) is 0 Å². The fraction of sp³-hybridized carbons (Fsp3) is 0.929. The van der Waals surface area contributed by atoms with Gasteiger partial charge in [0.1, 0.15) is 0 Å². The summed E-state index contributed by atoms with van der Waals surface area (Å²) in [6.07, 6.45) is 2.29. The maximum atomic E-state index is 12.3. The van der Waals surface area contributed by atoms with Gasteiger partial charge in [0, 0.05) is 20.2 Å². The van der Waals surface area contributed by atoms with E-state index in [9.17, 15) is 4.79 Å². The molecule has 1 fully saturated rings. The Bertz CT molecular complexity index is 253. The van der Waals surface area contributed by atoms with Crippen molar-refractivity contribution in [2.24, 2.45) is 17.3 Å². The van der Waals surface area contributed by atoms with Crippen molar-refractivity contribution < 1.29 is 9.53 Å². The summed E-state index contributed by atoms with van der Waals surface area (Å²) in [5.41, 5.74) is -0.389. The van der Waals surface area contributed by atoms with Gasteiger partial charge in [-0.25, -0.2) is 0 Å². The van der Waals surface area contributed by atoms with Gasteiger partial charge in [0.2, 0.25) is 5.91 Å². The number of methoxy groups -OCH3 is 1. The summed E-state index contributed by atoms with van der Waals surface area (Å²) in [7, 11) is 1.65. The van der Waals surface area contributed by atoms with Crippen molar-refractivity contribution in [1.29, 1.82) is 0 Å². The van der Waals surface area contributed by atoms with Crippen LogP contribution in [0.4, 0.5) is 0 Å². The maximum Gasteiger partial charge on any atom is 0.230 e. The molecule has 3 nitrogen and oxygen atoms in total. The van der Waals surface area contributed by atoms with Crippen LogP contribution < -0.4 is 0 Å². The zero-order valence-corrected chi connectivity index (χ0v) is 12.0. The summed E-state index contributed by atoms with van der Waals surface area (Å²) in [5, 5.41) is 0.